The van der Waals surface area contributed by atoms with Crippen LogP contribution in [-0.4, -0.2) is 47.5 Å². The summed E-state index contributed by atoms with van der Waals surface area (Å²) in [5.41, 5.74) is 7.21. The summed E-state index contributed by atoms with van der Waals surface area (Å²) in [6.45, 7) is 2.69. The summed E-state index contributed by atoms with van der Waals surface area (Å²) in [7, 11) is 0. The van der Waals surface area contributed by atoms with Crippen molar-refractivity contribution in [2.45, 2.75) is 19.4 Å². The van der Waals surface area contributed by atoms with E-state index in [9.17, 15) is 9.59 Å². The second kappa shape index (κ2) is 7.36. The highest BCUT2D eigenvalue weighted by Gasteiger charge is 2.33. The second-order valence-corrected chi connectivity index (χ2v) is 6.00. The standard InChI is InChI=1S/C15H20N2O3S/c1-2-20-15(19)13-10-21-8-7-17(13)14(18)9-11-3-5-12(16)6-4-11/h3-6,13H,2,7-10,16H2,1H3. The monoisotopic (exact) mass is 308 g/mol. The molecule has 0 spiro atoms. The van der Waals surface area contributed by atoms with E-state index in [1.807, 2.05) is 12.1 Å². The third-order valence-electron chi connectivity index (χ3n) is 3.34. The van der Waals surface area contributed by atoms with Gasteiger partial charge in [-0.2, -0.15) is 11.8 Å². The Kier molecular flexibility index (Phi) is 5.50. The van der Waals surface area contributed by atoms with Gasteiger partial charge in [0.05, 0.1) is 13.0 Å². The first-order valence-electron chi connectivity index (χ1n) is 7.00. The van der Waals surface area contributed by atoms with E-state index in [0.717, 1.165) is 11.3 Å². The maximum atomic E-state index is 12.4. The summed E-state index contributed by atoms with van der Waals surface area (Å²) in [5.74, 6) is 1.10. The average molecular weight is 308 g/mol. The summed E-state index contributed by atoms with van der Waals surface area (Å²) in [5, 5.41) is 0. The van der Waals surface area contributed by atoms with Crippen molar-refractivity contribution in [3.63, 3.8) is 0 Å². The van der Waals surface area contributed by atoms with Gasteiger partial charge in [0.1, 0.15) is 6.04 Å². The van der Waals surface area contributed by atoms with Crippen LogP contribution in [0.4, 0.5) is 5.69 Å². The van der Waals surface area contributed by atoms with E-state index in [2.05, 4.69) is 0 Å². The summed E-state index contributed by atoms with van der Waals surface area (Å²) in [4.78, 5) is 26.1. The van der Waals surface area contributed by atoms with E-state index in [1.54, 1.807) is 35.7 Å². The number of benzene rings is 1. The Morgan fingerprint density at radius 1 is 1.38 bits per heavy atom. The fraction of sp³-hybridized carbons (Fsp3) is 0.467. The number of ether oxygens (including phenoxy) is 1. The minimum atomic E-state index is -0.468. The van der Waals surface area contributed by atoms with Gasteiger partial charge in [0, 0.05) is 23.7 Å². The maximum absolute atomic E-state index is 12.4. The van der Waals surface area contributed by atoms with Gasteiger partial charge in [0.15, 0.2) is 0 Å². The van der Waals surface area contributed by atoms with Crippen molar-refractivity contribution in [3.05, 3.63) is 29.8 Å². The lowest BCUT2D eigenvalue weighted by molar-refractivity contribution is -0.153. The van der Waals surface area contributed by atoms with E-state index in [-0.39, 0.29) is 18.3 Å². The third-order valence-corrected chi connectivity index (χ3v) is 4.37. The van der Waals surface area contributed by atoms with Gasteiger partial charge in [-0.15, -0.1) is 0 Å². The van der Waals surface area contributed by atoms with Crippen LogP contribution in [0.1, 0.15) is 12.5 Å². The van der Waals surface area contributed by atoms with Crippen molar-refractivity contribution in [1.82, 2.24) is 4.90 Å². The number of anilines is 1. The van der Waals surface area contributed by atoms with Gasteiger partial charge in [-0.05, 0) is 24.6 Å². The molecule has 0 bridgehead atoms. The number of hydrogen-bond acceptors (Lipinski definition) is 5. The Balaban J connectivity index is 2.04. The normalized spacial score (nSPS) is 18.3. The van der Waals surface area contributed by atoms with Crippen LogP contribution >= 0.6 is 11.8 Å². The Morgan fingerprint density at radius 2 is 2.10 bits per heavy atom. The summed E-state index contributed by atoms with van der Waals surface area (Å²) < 4.78 is 5.07. The largest absolute Gasteiger partial charge is 0.464 e. The lowest BCUT2D eigenvalue weighted by atomic mass is 10.1. The molecule has 1 aliphatic rings. The van der Waals surface area contributed by atoms with Crippen LogP contribution in [0.25, 0.3) is 0 Å². The van der Waals surface area contributed by atoms with E-state index in [4.69, 9.17) is 10.5 Å². The zero-order chi connectivity index (χ0) is 15.2. The average Bonchev–Trinajstić information content (AvgIpc) is 2.50. The SMILES string of the molecule is CCOC(=O)C1CSCCN1C(=O)Cc1ccc(N)cc1. The number of nitrogens with two attached hydrogens (primary N) is 1. The fourth-order valence-corrected chi connectivity index (χ4v) is 3.28. The minimum Gasteiger partial charge on any atom is -0.464 e. The highest BCUT2D eigenvalue weighted by atomic mass is 32.2. The van der Waals surface area contributed by atoms with Crippen LogP contribution in [0.2, 0.25) is 0 Å². The molecule has 1 atom stereocenters. The van der Waals surface area contributed by atoms with Crippen molar-refractivity contribution in [1.29, 1.82) is 0 Å². The van der Waals surface area contributed by atoms with Gasteiger partial charge >= 0.3 is 5.97 Å². The molecule has 1 fully saturated rings. The van der Waals surface area contributed by atoms with Crippen LogP contribution in [-0.2, 0) is 20.7 Å². The number of esters is 1. The maximum Gasteiger partial charge on any atom is 0.329 e. The molecule has 1 aromatic carbocycles. The lowest BCUT2D eigenvalue weighted by Crippen LogP contribution is -2.51. The van der Waals surface area contributed by atoms with Crippen molar-refractivity contribution in [2.24, 2.45) is 0 Å². The van der Waals surface area contributed by atoms with E-state index in [0.29, 0.717) is 24.6 Å². The Labute approximate surface area is 128 Å². The van der Waals surface area contributed by atoms with Gasteiger partial charge in [-0.3, -0.25) is 4.79 Å². The minimum absolute atomic E-state index is 0.0434. The fourth-order valence-electron chi connectivity index (χ4n) is 2.25. The van der Waals surface area contributed by atoms with Gasteiger partial charge in [0.2, 0.25) is 5.91 Å². The number of nitrogens with zero attached hydrogens (tertiary/aromatic N) is 1. The smallest absolute Gasteiger partial charge is 0.329 e. The molecular weight excluding hydrogens is 288 g/mol. The molecule has 6 heteroatoms. The van der Waals surface area contributed by atoms with E-state index in [1.165, 1.54) is 0 Å². The lowest BCUT2D eigenvalue weighted by Gasteiger charge is -2.33. The first-order chi connectivity index (χ1) is 10.1. The molecule has 0 aromatic heterocycles. The Bertz CT molecular complexity index is 504. The van der Waals surface area contributed by atoms with Crippen molar-refractivity contribution < 1.29 is 14.3 Å². The number of rotatable bonds is 4. The second-order valence-electron chi connectivity index (χ2n) is 4.85. The number of amides is 1. The molecule has 1 heterocycles. The summed E-state index contributed by atoms with van der Waals surface area (Å²) in [6, 6.07) is 6.76. The van der Waals surface area contributed by atoms with Crippen molar-refractivity contribution in [2.75, 3.05) is 30.4 Å². The van der Waals surface area contributed by atoms with Gasteiger partial charge in [0.25, 0.3) is 0 Å². The highest BCUT2D eigenvalue weighted by Crippen LogP contribution is 2.19. The first kappa shape index (κ1) is 15.7. The van der Waals surface area contributed by atoms with Crippen LogP contribution in [0.3, 0.4) is 0 Å². The number of hydrogen-bond donors (Lipinski definition) is 1. The van der Waals surface area contributed by atoms with Gasteiger partial charge in [-0.1, -0.05) is 12.1 Å². The molecule has 2 rings (SSSR count). The number of thioether (sulfide) groups is 1. The molecule has 1 amide bonds. The highest BCUT2D eigenvalue weighted by molar-refractivity contribution is 7.99. The summed E-state index contributed by atoms with van der Waals surface area (Å²) >= 11 is 1.68. The van der Waals surface area contributed by atoms with Gasteiger partial charge in [-0.25, -0.2) is 4.79 Å². The molecule has 21 heavy (non-hydrogen) atoms. The van der Waals surface area contributed by atoms with Crippen LogP contribution < -0.4 is 5.73 Å². The number of carbonyl (C=O) groups is 2. The first-order valence-corrected chi connectivity index (χ1v) is 8.15. The van der Waals surface area contributed by atoms with Crippen LogP contribution in [0.15, 0.2) is 24.3 Å². The molecule has 1 aliphatic heterocycles. The third kappa shape index (κ3) is 4.14. The molecule has 5 nitrogen and oxygen atoms in total. The Morgan fingerprint density at radius 3 is 2.76 bits per heavy atom. The molecule has 1 saturated heterocycles. The predicted molar refractivity (Wildman–Crippen MR) is 84.0 cm³/mol. The Hall–Kier alpha value is -1.69. The molecule has 114 valence electrons. The van der Waals surface area contributed by atoms with Crippen LogP contribution in [0, 0.1) is 0 Å². The van der Waals surface area contributed by atoms with Crippen molar-refractivity contribution in [3.8, 4) is 0 Å². The van der Waals surface area contributed by atoms with Crippen LogP contribution in [0.5, 0.6) is 0 Å². The molecule has 2 N–H and O–H groups in total. The predicted octanol–water partition coefficient (Wildman–Crippen LogP) is 1.32. The molecule has 0 aliphatic carbocycles. The number of nitrogen functional groups attached to an aromatic ring is 1. The van der Waals surface area contributed by atoms with Gasteiger partial charge < -0.3 is 15.4 Å². The summed E-state index contributed by atoms with van der Waals surface area (Å²) in [6.07, 6.45) is 0.279. The van der Waals surface area contributed by atoms with E-state index < -0.39 is 6.04 Å². The van der Waals surface area contributed by atoms with Crippen molar-refractivity contribution >= 4 is 29.3 Å². The zero-order valence-electron chi connectivity index (χ0n) is 12.1. The zero-order valence-corrected chi connectivity index (χ0v) is 12.9. The topological polar surface area (TPSA) is 72.6 Å². The van der Waals surface area contributed by atoms with E-state index >= 15 is 0 Å². The molecular formula is C15H20N2O3S. The quantitative estimate of drug-likeness (QED) is 0.671. The molecule has 0 saturated carbocycles. The molecule has 1 aromatic rings. The number of carbonyl (C=O) groups excluding carboxylic acids is 2. The molecule has 0 radical (unpaired) electrons. The molecule has 1 unspecified atom stereocenters.